The molecular formula is C11H11FN2O2S2. The largest absolute Gasteiger partial charge is 0.356 e. The molecule has 1 aromatic carbocycles. The van der Waals surface area contributed by atoms with E-state index in [2.05, 4.69) is 5.32 Å². The zero-order valence-corrected chi connectivity index (χ0v) is 11.0. The number of rotatable bonds is 1. The van der Waals surface area contributed by atoms with Gasteiger partial charge in [0.25, 0.3) is 0 Å². The van der Waals surface area contributed by atoms with E-state index in [1.54, 1.807) is 17.0 Å². The molecule has 1 aromatic rings. The summed E-state index contributed by atoms with van der Waals surface area (Å²) in [5, 5.41) is 3.53. The van der Waals surface area contributed by atoms with Crippen LogP contribution in [-0.2, 0) is 9.84 Å². The van der Waals surface area contributed by atoms with E-state index in [0.717, 1.165) is 5.69 Å². The summed E-state index contributed by atoms with van der Waals surface area (Å²) in [7, 11) is -3.02. The second-order valence-electron chi connectivity index (χ2n) is 4.55. The number of hydrogen-bond acceptors (Lipinski definition) is 3. The summed E-state index contributed by atoms with van der Waals surface area (Å²) in [4.78, 5) is 1.77. The third kappa shape index (κ3) is 1.87. The van der Waals surface area contributed by atoms with Crippen molar-refractivity contribution in [1.29, 1.82) is 0 Å². The number of halogens is 1. The van der Waals surface area contributed by atoms with Gasteiger partial charge in [-0.25, -0.2) is 12.8 Å². The Morgan fingerprint density at radius 3 is 2.61 bits per heavy atom. The van der Waals surface area contributed by atoms with Crippen molar-refractivity contribution >= 4 is 32.9 Å². The van der Waals surface area contributed by atoms with E-state index in [4.69, 9.17) is 12.2 Å². The molecule has 2 heterocycles. The molecule has 0 amide bonds. The smallest absolute Gasteiger partial charge is 0.174 e. The Hall–Kier alpha value is -1.21. The second kappa shape index (κ2) is 3.89. The summed E-state index contributed by atoms with van der Waals surface area (Å²) in [5.41, 5.74) is 0.721. The fraction of sp³-hybridized carbons (Fsp3) is 0.364. The normalized spacial score (nSPS) is 29.2. The molecule has 0 bridgehead atoms. The van der Waals surface area contributed by atoms with Gasteiger partial charge in [-0.05, 0) is 36.5 Å². The minimum atomic E-state index is -3.02. The molecule has 3 rings (SSSR count). The molecule has 2 aliphatic rings. The number of anilines is 1. The predicted molar refractivity (Wildman–Crippen MR) is 70.8 cm³/mol. The highest BCUT2D eigenvalue weighted by molar-refractivity contribution is 7.91. The summed E-state index contributed by atoms with van der Waals surface area (Å²) in [6, 6.07) is 5.55. The van der Waals surface area contributed by atoms with Gasteiger partial charge >= 0.3 is 0 Å². The van der Waals surface area contributed by atoms with Gasteiger partial charge in [-0.2, -0.15) is 0 Å². The van der Waals surface area contributed by atoms with Crippen molar-refractivity contribution in [3.63, 3.8) is 0 Å². The Balaban J connectivity index is 1.96. The van der Waals surface area contributed by atoms with Crippen LogP contribution in [-0.4, -0.2) is 37.1 Å². The summed E-state index contributed by atoms with van der Waals surface area (Å²) in [6.45, 7) is 0. The van der Waals surface area contributed by atoms with E-state index in [0.29, 0.717) is 5.11 Å². The monoisotopic (exact) mass is 286 g/mol. The predicted octanol–water partition coefficient (Wildman–Crippen LogP) is 0.686. The minimum absolute atomic E-state index is 0.0855. The third-order valence-electron chi connectivity index (χ3n) is 3.29. The van der Waals surface area contributed by atoms with Crippen molar-refractivity contribution in [1.82, 2.24) is 5.32 Å². The first-order valence-corrected chi connectivity index (χ1v) is 7.75. The van der Waals surface area contributed by atoms with Crippen molar-refractivity contribution in [2.24, 2.45) is 0 Å². The Morgan fingerprint density at radius 1 is 1.28 bits per heavy atom. The quantitative estimate of drug-likeness (QED) is 0.770. The number of nitrogens with zero attached hydrogens (tertiary/aromatic N) is 1. The van der Waals surface area contributed by atoms with Crippen LogP contribution in [0, 0.1) is 5.82 Å². The van der Waals surface area contributed by atoms with Crippen LogP contribution in [0.15, 0.2) is 24.3 Å². The molecule has 2 aliphatic heterocycles. The lowest BCUT2D eigenvalue weighted by Crippen LogP contribution is -2.36. The highest BCUT2D eigenvalue weighted by atomic mass is 32.2. The van der Waals surface area contributed by atoms with Crippen molar-refractivity contribution < 1.29 is 12.8 Å². The molecule has 0 spiro atoms. The fourth-order valence-electron chi connectivity index (χ4n) is 2.51. The molecule has 0 unspecified atom stereocenters. The zero-order chi connectivity index (χ0) is 12.9. The first-order chi connectivity index (χ1) is 8.46. The van der Waals surface area contributed by atoms with Gasteiger partial charge in [0.2, 0.25) is 0 Å². The van der Waals surface area contributed by atoms with Crippen molar-refractivity contribution in [3.8, 4) is 0 Å². The molecule has 2 saturated heterocycles. The number of hydrogen-bond donors (Lipinski definition) is 1. The maximum atomic E-state index is 12.9. The lowest BCUT2D eigenvalue weighted by molar-refractivity contribution is 0.600. The molecular weight excluding hydrogens is 275 g/mol. The van der Waals surface area contributed by atoms with Gasteiger partial charge in [0.15, 0.2) is 14.9 Å². The van der Waals surface area contributed by atoms with Gasteiger partial charge in [0.1, 0.15) is 5.82 Å². The van der Waals surface area contributed by atoms with Crippen LogP contribution in [0.5, 0.6) is 0 Å². The molecule has 96 valence electrons. The lowest BCUT2D eigenvalue weighted by Gasteiger charge is -2.23. The van der Waals surface area contributed by atoms with Gasteiger partial charge in [-0.1, -0.05) is 0 Å². The molecule has 2 fully saturated rings. The summed E-state index contributed by atoms with van der Waals surface area (Å²) in [5.74, 6) is -0.134. The maximum Gasteiger partial charge on any atom is 0.174 e. The average molecular weight is 286 g/mol. The molecule has 0 radical (unpaired) electrons. The molecule has 1 N–H and O–H groups in total. The van der Waals surface area contributed by atoms with Gasteiger partial charge in [-0.15, -0.1) is 0 Å². The van der Waals surface area contributed by atoms with E-state index in [9.17, 15) is 12.8 Å². The standard InChI is InChI=1S/C11H11FN2O2S2/c12-7-1-3-8(4-2-7)14-10-6-18(15,16)5-9(10)13-11(14)17/h1-4,9-10H,5-6H2,(H,13,17)/t9-,10+/m1/s1. The van der Waals surface area contributed by atoms with Gasteiger partial charge in [0, 0.05) is 5.69 Å². The van der Waals surface area contributed by atoms with Crippen LogP contribution in [0.2, 0.25) is 0 Å². The van der Waals surface area contributed by atoms with Crippen LogP contribution < -0.4 is 10.2 Å². The van der Waals surface area contributed by atoms with Crippen LogP contribution in [0.3, 0.4) is 0 Å². The van der Waals surface area contributed by atoms with Crippen LogP contribution in [0.4, 0.5) is 10.1 Å². The summed E-state index contributed by atoms with van der Waals surface area (Å²) in [6.07, 6.45) is 0. The molecule has 18 heavy (non-hydrogen) atoms. The Morgan fingerprint density at radius 2 is 1.94 bits per heavy atom. The maximum absolute atomic E-state index is 12.9. The third-order valence-corrected chi connectivity index (χ3v) is 5.32. The van der Waals surface area contributed by atoms with E-state index in [1.165, 1.54) is 12.1 Å². The van der Waals surface area contributed by atoms with E-state index < -0.39 is 9.84 Å². The van der Waals surface area contributed by atoms with Gasteiger partial charge in [-0.3, -0.25) is 0 Å². The van der Waals surface area contributed by atoms with Crippen molar-refractivity contribution in [3.05, 3.63) is 30.1 Å². The number of thiocarbonyl (C=S) groups is 1. The number of fused-ring (bicyclic) bond motifs is 1. The first kappa shape index (κ1) is 11.9. The van der Waals surface area contributed by atoms with Crippen molar-refractivity contribution in [2.45, 2.75) is 12.1 Å². The van der Waals surface area contributed by atoms with Crippen LogP contribution in [0.25, 0.3) is 0 Å². The highest BCUT2D eigenvalue weighted by Crippen LogP contribution is 2.29. The first-order valence-electron chi connectivity index (χ1n) is 5.52. The molecule has 7 heteroatoms. The molecule has 4 nitrogen and oxygen atoms in total. The van der Waals surface area contributed by atoms with Crippen LogP contribution >= 0.6 is 12.2 Å². The van der Waals surface area contributed by atoms with Gasteiger partial charge in [0.05, 0.1) is 23.6 Å². The molecule has 0 aliphatic carbocycles. The molecule has 0 saturated carbocycles. The SMILES string of the molecule is O=S1(=O)C[C@H]2NC(=S)N(c3ccc(F)cc3)[C@H]2C1. The minimum Gasteiger partial charge on any atom is -0.356 e. The molecule has 2 atom stereocenters. The Kier molecular flexibility index (Phi) is 2.56. The second-order valence-corrected chi connectivity index (χ2v) is 7.09. The van der Waals surface area contributed by atoms with Crippen molar-refractivity contribution in [2.75, 3.05) is 16.4 Å². The zero-order valence-electron chi connectivity index (χ0n) is 9.34. The molecule has 0 aromatic heterocycles. The average Bonchev–Trinajstić information content (AvgIpc) is 2.70. The number of sulfone groups is 1. The summed E-state index contributed by atoms with van der Waals surface area (Å²) >= 11 is 5.21. The van der Waals surface area contributed by atoms with E-state index in [-0.39, 0.29) is 29.4 Å². The van der Waals surface area contributed by atoms with E-state index in [1.807, 2.05) is 0 Å². The Bertz CT molecular complexity index is 600. The number of nitrogens with one attached hydrogen (secondary N) is 1. The summed E-state index contributed by atoms with van der Waals surface area (Å²) < 4.78 is 36.1. The van der Waals surface area contributed by atoms with Crippen LogP contribution in [0.1, 0.15) is 0 Å². The topological polar surface area (TPSA) is 49.4 Å². The number of benzene rings is 1. The highest BCUT2D eigenvalue weighted by Gasteiger charge is 2.47. The van der Waals surface area contributed by atoms with E-state index >= 15 is 0 Å². The lowest BCUT2D eigenvalue weighted by atomic mass is 10.1. The van der Waals surface area contributed by atoms with Gasteiger partial charge < -0.3 is 10.2 Å². The Labute approximate surface area is 110 Å². The fourth-order valence-corrected chi connectivity index (χ4v) is 4.79.